The van der Waals surface area contributed by atoms with E-state index in [-0.39, 0.29) is 0 Å². The molecule has 0 saturated carbocycles. The van der Waals surface area contributed by atoms with Gasteiger partial charge in [-0.15, -0.1) is 0 Å². The number of nitrogens with zero attached hydrogens (tertiary/aromatic N) is 1. The van der Waals surface area contributed by atoms with E-state index < -0.39 is 0 Å². The molecule has 0 amide bonds. The lowest BCUT2D eigenvalue weighted by Gasteiger charge is -2.15. The Bertz CT molecular complexity index is 377. The van der Waals surface area contributed by atoms with Crippen molar-refractivity contribution in [1.82, 2.24) is 5.32 Å². The van der Waals surface area contributed by atoms with Gasteiger partial charge >= 0.3 is 0 Å². The van der Waals surface area contributed by atoms with Crippen molar-refractivity contribution in [2.24, 2.45) is 0 Å². The van der Waals surface area contributed by atoms with Gasteiger partial charge < -0.3 is 5.32 Å². The van der Waals surface area contributed by atoms with Crippen LogP contribution in [0.25, 0.3) is 0 Å². The van der Waals surface area contributed by atoms with E-state index >= 15 is 0 Å². The van der Waals surface area contributed by atoms with Gasteiger partial charge in [-0.25, -0.2) is 0 Å². The summed E-state index contributed by atoms with van der Waals surface area (Å²) < 4.78 is 0. The van der Waals surface area contributed by atoms with Crippen LogP contribution >= 0.6 is 0 Å². The quantitative estimate of drug-likeness (QED) is 0.821. The van der Waals surface area contributed by atoms with Gasteiger partial charge in [-0.3, -0.25) is 0 Å². The molecular formula is C14H20N2. The van der Waals surface area contributed by atoms with Crippen LogP contribution in [0.3, 0.4) is 0 Å². The monoisotopic (exact) mass is 216 g/mol. The molecule has 0 radical (unpaired) electrons. The van der Waals surface area contributed by atoms with Crippen molar-refractivity contribution in [3.63, 3.8) is 0 Å². The smallest absolute Gasteiger partial charge is 0.0638 e. The SMILES string of the molecule is CCC(CC#N)NCc1cc(C)ccc1C. The van der Waals surface area contributed by atoms with E-state index in [1.54, 1.807) is 0 Å². The van der Waals surface area contributed by atoms with E-state index in [4.69, 9.17) is 5.26 Å². The molecule has 0 aliphatic carbocycles. The van der Waals surface area contributed by atoms with Crippen LogP contribution in [0.4, 0.5) is 0 Å². The molecule has 1 unspecified atom stereocenters. The zero-order valence-electron chi connectivity index (χ0n) is 10.4. The van der Waals surface area contributed by atoms with Crippen LogP contribution < -0.4 is 5.32 Å². The second-order valence-electron chi connectivity index (χ2n) is 4.28. The molecule has 0 saturated heterocycles. The average Bonchev–Trinajstić information content (AvgIpc) is 2.28. The van der Waals surface area contributed by atoms with E-state index in [0.29, 0.717) is 12.5 Å². The average molecular weight is 216 g/mol. The minimum atomic E-state index is 0.310. The summed E-state index contributed by atoms with van der Waals surface area (Å²) in [6.07, 6.45) is 1.58. The summed E-state index contributed by atoms with van der Waals surface area (Å²) >= 11 is 0. The largest absolute Gasteiger partial charge is 0.309 e. The molecule has 1 N–H and O–H groups in total. The second-order valence-corrected chi connectivity index (χ2v) is 4.28. The summed E-state index contributed by atoms with van der Waals surface area (Å²) in [5.74, 6) is 0. The predicted octanol–water partition coefficient (Wildman–Crippen LogP) is 3.09. The Morgan fingerprint density at radius 3 is 2.75 bits per heavy atom. The molecule has 0 fully saturated rings. The van der Waals surface area contributed by atoms with Crippen molar-refractivity contribution in [3.8, 4) is 6.07 Å². The first-order valence-corrected chi connectivity index (χ1v) is 5.83. The van der Waals surface area contributed by atoms with Gasteiger partial charge in [-0.1, -0.05) is 30.7 Å². The van der Waals surface area contributed by atoms with Crippen molar-refractivity contribution in [2.45, 2.75) is 46.2 Å². The zero-order chi connectivity index (χ0) is 12.0. The van der Waals surface area contributed by atoms with E-state index in [9.17, 15) is 0 Å². The number of nitriles is 1. The molecule has 2 nitrogen and oxygen atoms in total. The van der Waals surface area contributed by atoms with E-state index in [0.717, 1.165) is 13.0 Å². The highest BCUT2D eigenvalue weighted by molar-refractivity contribution is 5.30. The van der Waals surface area contributed by atoms with Crippen LogP contribution in [-0.2, 0) is 6.54 Å². The van der Waals surface area contributed by atoms with Crippen LogP contribution in [0.5, 0.6) is 0 Å². The number of nitrogens with one attached hydrogen (secondary N) is 1. The Labute approximate surface area is 98.3 Å². The molecule has 0 aliphatic heterocycles. The summed E-state index contributed by atoms with van der Waals surface area (Å²) in [5.41, 5.74) is 3.93. The first-order chi connectivity index (χ1) is 7.67. The van der Waals surface area contributed by atoms with Gasteiger partial charge in [-0.05, 0) is 31.4 Å². The highest BCUT2D eigenvalue weighted by Crippen LogP contribution is 2.11. The fraction of sp³-hybridized carbons (Fsp3) is 0.500. The number of hydrogen-bond donors (Lipinski definition) is 1. The molecule has 0 spiro atoms. The van der Waals surface area contributed by atoms with E-state index in [1.165, 1.54) is 16.7 Å². The van der Waals surface area contributed by atoms with Gasteiger partial charge in [-0.2, -0.15) is 5.26 Å². The maximum Gasteiger partial charge on any atom is 0.0638 e. The molecule has 1 rings (SSSR count). The normalized spacial score (nSPS) is 12.1. The first kappa shape index (κ1) is 12.7. The molecule has 1 atom stereocenters. The molecule has 16 heavy (non-hydrogen) atoms. The van der Waals surface area contributed by atoms with Gasteiger partial charge in [0.1, 0.15) is 0 Å². The van der Waals surface area contributed by atoms with Crippen LogP contribution in [0.2, 0.25) is 0 Å². The molecule has 1 aromatic carbocycles. The summed E-state index contributed by atoms with van der Waals surface area (Å²) in [6, 6.07) is 9.02. The van der Waals surface area contributed by atoms with Crippen molar-refractivity contribution in [2.75, 3.05) is 0 Å². The molecule has 86 valence electrons. The van der Waals surface area contributed by atoms with Crippen molar-refractivity contribution >= 4 is 0 Å². The minimum absolute atomic E-state index is 0.310. The van der Waals surface area contributed by atoms with Gasteiger partial charge in [0.05, 0.1) is 12.5 Å². The molecule has 0 aromatic heterocycles. The zero-order valence-corrected chi connectivity index (χ0v) is 10.4. The van der Waals surface area contributed by atoms with Crippen molar-refractivity contribution in [1.29, 1.82) is 5.26 Å². The van der Waals surface area contributed by atoms with E-state index in [1.807, 2.05) is 0 Å². The van der Waals surface area contributed by atoms with Gasteiger partial charge in [0.25, 0.3) is 0 Å². The second kappa shape index (κ2) is 6.30. The number of rotatable bonds is 5. The topological polar surface area (TPSA) is 35.8 Å². The van der Waals surface area contributed by atoms with Gasteiger partial charge in [0, 0.05) is 12.6 Å². The lowest BCUT2D eigenvalue weighted by atomic mass is 10.0. The summed E-state index contributed by atoms with van der Waals surface area (Å²) in [4.78, 5) is 0. The Morgan fingerprint density at radius 1 is 1.38 bits per heavy atom. The van der Waals surface area contributed by atoms with Crippen LogP contribution in [0.1, 0.15) is 36.5 Å². The lowest BCUT2D eigenvalue weighted by Crippen LogP contribution is -2.27. The molecular weight excluding hydrogens is 196 g/mol. The summed E-state index contributed by atoms with van der Waals surface area (Å²) in [5, 5.41) is 12.1. The molecule has 0 bridgehead atoms. The van der Waals surface area contributed by atoms with Crippen LogP contribution in [0.15, 0.2) is 18.2 Å². The first-order valence-electron chi connectivity index (χ1n) is 5.83. The number of aryl methyl sites for hydroxylation is 2. The highest BCUT2D eigenvalue weighted by atomic mass is 14.9. The Kier molecular flexibility index (Phi) is 5.01. The summed E-state index contributed by atoms with van der Waals surface area (Å²) in [6.45, 7) is 7.20. The standard InChI is InChI=1S/C14H20N2/c1-4-14(7-8-15)16-10-13-9-11(2)5-6-12(13)3/h5-6,9,14,16H,4,7,10H2,1-3H3. The van der Waals surface area contributed by atoms with Crippen molar-refractivity contribution < 1.29 is 0 Å². The third-order valence-corrected chi connectivity index (χ3v) is 2.92. The lowest BCUT2D eigenvalue weighted by molar-refractivity contribution is 0.504. The Hall–Kier alpha value is -1.33. The molecule has 0 aliphatic rings. The van der Waals surface area contributed by atoms with Crippen molar-refractivity contribution in [3.05, 3.63) is 34.9 Å². The maximum atomic E-state index is 8.67. The molecule has 2 heteroatoms. The van der Waals surface area contributed by atoms with Gasteiger partial charge in [0.2, 0.25) is 0 Å². The predicted molar refractivity (Wildman–Crippen MR) is 67.1 cm³/mol. The Balaban J connectivity index is 2.60. The third-order valence-electron chi connectivity index (χ3n) is 2.92. The summed E-state index contributed by atoms with van der Waals surface area (Å²) in [7, 11) is 0. The third kappa shape index (κ3) is 3.67. The Morgan fingerprint density at radius 2 is 2.12 bits per heavy atom. The van der Waals surface area contributed by atoms with Crippen LogP contribution in [0, 0.1) is 25.2 Å². The van der Waals surface area contributed by atoms with Gasteiger partial charge in [0.15, 0.2) is 0 Å². The highest BCUT2D eigenvalue weighted by Gasteiger charge is 2.05. The number of hydrogen-bond acceptors (Lipinski definition) is 2. The fourth-order valence-electron chi connectivity index (χ4n) is 1.72. The van der Waals surface area contributed by atoms with E-state index in [2.05, 4.69) is 50.4 Å². The molecule has 0 heterocycles. The maximum absolute atomic E-state index is 8.67. The van der Waals surface area contributed by atoms with Crippen LogP contribution in [-0.4, -0.2) is 6.04 Å². The molecule has 1 aromatic rings. The minimum Gasteiger partial charge on any atom is -0.309 e. The number of benzene rings is 1. The fourth-order valence-corrected chi connectivity index (χ4v) is 1.72.